The number of anilines is 1. The number of nitrogens with zero attached hydrogens (tertiary/aromatic N) is 1. The smallest absolute Gasteiger partial charge is 0.246 e. The first-order valence-electron chi connectivity index (χ1n) is 8.12. The predicted octanol–water partition coefficient (Wildman–Crippen LogP) is 3.00. The highest BCUT2D eigenvalue weighted by Crippen LogP contribution is 2.53. The maximum atomic E-state index is 12.9. The summed E-state index contributed by atoms with van der Waals surface area (Å²) in [7, 11) is -2.27. The van der Waals surface area contributed by atoms with Crippen LogP contribution < -0.4 is 10.1 Å². The van der Waals surface area contributed by atoms with Gasteiger partial charge in [-0.05, 0) is 37.5 Å². The van der Waals surface area contributed by atoms with Gasteiger partial charge in [-0.1, -0.05) is 6.42 Å². The van der Waals surface area contributed by atoms with Crippen LogP contribution in [0, 0.1) is 5.92 Å². The molecular weight excluding hydrogens is 387 g/mol. The van der Waals surface area contributed by atoms with Gasteiger partial charge in [0.05, 0.1) is 13.0 Å². The molecule has 1 atom stereocenters. The van der Waals surface area contributed by atoms with Gasteiger partial charge >= 0.3 is 0 Å². The van der Waals surface area contributed by atoms with Gasteiger partial charge in [-0.2, -0.15) is 4.31 Å². The Morgan fingerprint density at radius 3 is 2.48 bits per heavy atom. The minimum Gasteiger partial charge on any atom is -0.495 e. The summed E-state index contributed by atoms with van der Waals surface area (Å²) in [5, 5.41) is 2.68. The molecule has 0 unspecified atom stereocenters. The number of alkyl halides is 2. The maximum absolute atomic E-state index is 12.9. The second-order valence-electron chi connectivity index (χ2n) is 6.34. The van der Waals surface area contributed by atoms with E-state index in [1.54, 1.807) is 6.07 Å². The number of carbonyl (C=O) groups excluding carboxylic acids is 1. The van der Waals surface area contributed by atoms with Gasteiger partial charge in [0.15, 0.2) is 0 Å². The first-order chi connectivity index (χ1) is 11.8. The number of carbonyl (C=O) groups is 1. The summed E-state index contributed by atoms with van der Waals surface area (Å²) >= 11 is 11.8. The van der Waals surface area contributed by atoms with Gasteiger partial charge in [-0.25, -0.2) is 8.42 Å². The van der Waals surface area contributed by atoms with E-state index in [0.29, 0.717) is 25.2 Å². The lowest BCUT2D eigenvalue weighted by Crippen LogP contribution is -2.35. The highest BCUT2D eigenvalue weighted by molar-refractivity contribution is 7.89. The Kier molecular flexibility index (Phi) is 5.21. The summed E-state index contributed by atoms with van der Waals surface area (Å²) in [6, 6.07) is 4.56. The van der Waals surface area contributed by atoms with Gasteiger partial charge in [0.1, 0.15) is 15.0 Å². The Balaban J connectivity index is 1.86. The van der Waals surface area contributed by atoms with Gasteiger partial charge in [0.25, 0.3) is 0 Å². The lowest BCUT2D eigenvalue weighted by Gasteiger charge is -2.26. The quantitative estimate of drug-likeness (QED) is 0.762. The van der Waals surface area contributed by atoms with Crippen LogP contribution in [-0.4, -0.2) is 43.2 Å². The SMILES string of the molecule is COc1ccc(NC(=O)[C@@H]2CC2(Cl)Cl)cc1S(=O)(=O)N1CCCCC1. The van der Waals surface area contributed by atoms with Crippen LogP contribution in [0.2, 0.25) is 0 Å². The van der Waals surface area contributed by atoms with E-state index in [1.807, 2.05) is 0 Å². The van der Waals surface area contributed by atoms with Crippen molar-refractivity contribution in [1.82, 2.24) is 4.31 Å². The third kappa shape index (κ3) is 3.89. The van der Waals surface area contributed by atoms with Gasteiger partial charge in [0, 0.05) is 18.8 Å². The van der Waals surface area contributed by atoms with Crippen LogP contribution in [-0.2, 0) is 14.8 Å². The van der Waals surface area contributed by atoms with Gasteiger partial charge in [-0.3, -0.25) is 4.79 Å². The molecule has 25 heavy (non-hydrogen) atoms. The Morgan fingerprint density at radius 2 is 1.92 bits per heavy atom. The zero-order chi connectivity index (χ0) is 18.2. The summed E-state index contributed by atoms with van der Waals surface area (Å²) < 4.78 is 31.5. The molecular formula is C16H20Cl2N2O4S. The van der Waals surface area contributed by atoms with Gasteiger partial charge in [-0.15, -0.1) is 23.2 Å². The summed E-state index contributed by atoms with van der Waals surface area (Å²) in [4.78, 5) is 12.2. The predicted molar refractivity (Wildman–Crippen MR) is 96.8 cm³/mol. The number of benzene rings is 1. The Morgan fingerprint density at radius 1 is 1.28 bits per heavy atom. The largest absolute Gasteiger partial charge is 0.495 e. The van der Waals surface area contributed by atoms with E-state index in [9.17, 15) is 13.2 Å². The molecule has 1 heterocycles. The molecule has 1 aliphatic carbocycles. The molecule has 1 aromatic carbocycles. The number of hydrogen-bond acceptors (Lipinski definition) is 4. The van der Waals surface area contributed by atoms with E-state index in [2.05, 4.69) is 5.32 Å². The zero-order valence-corrected chi connectivity index (χ0v) is 16.1. The van der Waals surface area contributed by atoms with Gasteiger partial charge in [0.2, 0.25) is 15.9 Å². The minimum absolute atomic E-state index is 0.0495. The lowest BCUT2D eigenvalue weighted by atomic mass is 10.2. The monoisotopic (exact) mass is 406 g/mol. The van der Waals surface area contributed by atoms with Crippen molar-refractivity contribution >= 4 is 44.8 Å². The van der Waals surface area contributed by atoms with Crippen molar-refractivity contribution in [2.75, 3.05) is 25.5 Å². The number of rotatable bonds is 5. The van der Waals surface area contributed by atoms with Crippen molar-refractivity contribution in [3.63, 3.8) is 0 Å². The molecule has 0 spiro atoms. The lowest BCUT2D eigenvalue weighted by molar-refractivity contribution is -0.117. The fourth-order valence-electron chi connectivity index (χ4n) is 2.93. The normalized spacial score (nSPS) is 23.1. The van der Waals surface area contributed by atoms with Crippen molar-refractivity contribution in [3.8, 4) is 5.75 Å². The number of amides is 1. The van der Waals surface area contributed by atoms with Crippen molar-refractivity contribution < 1.29 is 17.9 Å². The molecule has 3 rings (SSSR count). The van der Waals surface area contributed by atoms with Crippen LogP contribution in [0.4, 0.5) is 5.69 Å². The van der Waals surface area contributed by atoms with Crippen LogP contribution in [0.1, 0.15) is 25.7 Å². The van der Waals surface area contributed by atoms with Crippen molar-refractivity contribution in [3.05, 3.63) is 18.2 Å². The molecule has 9 heteroatoms. The Labute approximate surface area is 157 Å². The molecule has 0 radical (unpaired) electrons. The Bertz CT molecular complexity index is 776. The number of ether oxygens (including phenoxy) is 1. The number of halogens is 2. The molecule has 1 saturated heterocycles. The number of piperidine rings is 1. The highest BCUT2D eigenvalue weighted by Gasteiger charge is 2.56. The molecule has 138 valence electrons. The van der Waals surface area contributed by atoms with Crippen LogP contribution in [0.15, 0.2) is 23.1 Å². The molecule has 1 aliphatic heterocycles. The van der Waals surface area contributed by atoms with E-state index in [0.717, 1.165) is 19.3 Å². The highest BCUT2D eigenvalue weighted by atomic mass is 35.5. The molecule has 2 aliphatic rings. The van der Waals surface area contributed by atoms with Crippen LogP contribution in [0.25, 0.3) is 0 Å². The maximum Gasteiger partial charge on any atom is 0.246 e. The first-order valence-corrected chi connectivity index (χ1v) is 10.3. The standard InChI is InChI=1S/C16H20Cl2N2O4S/c1-24-13-6-5-11(19-15(21)12-10-16(12,17)18)9-14(13)25(22,23)20-7-3-2-4-8-20/h5-6,9,12H,2-4,7-8,10H2,1H3,(H,19,21)/t12-/m0/s1. The molecule has 2 fully saturated rings. The minimum atomic E-state index is -3.69. The molecule has 1 amide bonds. The third-order valence-corrected chi connectivity index (χ3v) is 7.26. The second-order valence-corrected chi connectivity index (χ2v) is 9.79. The molecule has 1 N–H and O–H groups in total. The number of nitrogens with one attached hydrogen (secondary N) is 1. The fourth-order valence-corrected chi connectivity index (χ4v) is 5.13. The third-order valence-electron chi connectivity index (χ3n) is 4.51. The van der Waals surface area contributed by atoms with E-state index >= 15 is 0 Å². The van der Waals surface area contributed by atoms with Crippen LogP contribution in [0.5, 0.6) is 5.75 Å². The van der Waals surface area contributed by atoms with Gasteiger partial charge < -0.3 is 10.1 Å². The number of sulfonamides is 1. The van der Waals surface area contributed by atoms with Crippen molar-refractivity contribution in [1.29, 1.82) is 0 Å². The van der Waals surface area contributed by atoms with Crippen molar-refractivity contribution in [2.24, 2.45) is 5.92 Å². The summed E-state index contributed by atoms with van der Waals surface area (Å²) in [6.07, 6.45) is 3.09. The first kappa shape index (κ1) is 18.8. The zero-order valence-electron chi connectivity index (χ0n) is 13.8. The molecule has 0 bridgehead atoms. The Hall–Kier alpha value is -1.02. The van der Waals surface area contributed by atoms with Crippen molar-refractivity contribution in [2.45, 2.75) is 34.9 Å². The second kappa shape index (κ2) is 6.95. The summed E-state index contributed by atoms with van der Waals surface area (Å²) in [5.41, 5.74) is 0.373. The van der Waals surface area contributed by atoms with E-state index in [-0.39, 0.29) is 16.6 Å². The molecule has 1 aromatic rings. The van der Waals surface area contributed by atoms with E-state index in [1.165, 1.54) is 23.5 Å². The molecule has 0 aromatic heterocycles. The molecule has 1 saturated carbocycles. The summed E-state index contributed by atoms with van der Waals surface area (Å²) in [6.45, 7) is 0.982. The fraction of sp³-hybridized carbons (Fsp3) is 0.562. The van der Waals surface area contributed by atoms with E-state index < -0.39 is 20.3 Å². The molecule has 6 nitrogen and oxygen atoms in total. The summed E-state index contributed by atoms with van der Waals surface area (Å²) in [5.74, 6) is -0.560. The average molecular weight is 407 g/mol. The topological polar surface area (TPSA) is 75.7 Å². The average Bonchev–Trinajstić information content (AvgIpc) is 3.24. The van der Waals surface area contributed by atoms with Crippen LogP contribution >= 0.6 is 23.2 Å². The van der Waals surface area contributed by atoms with E-state index in [4.69, 9.17) is 27.9 Å². The number of hydrogen-bond donors (Lipinski definition) is 1. The van der Waals surface area contributed by atoms with Crippen LogP contribution in [0.3, 0.4) is 0 Å². The number of methoxy groups -OCH3 is 1.